The number of hydrogen-bond acceptors (Lipinski definition) is 10. The second-order valence-corrected chi connectivity index (χ2v) is 14.0. The molecule has 5 rings (SSSR count). The Balaban J connectivity index is 0.00000232. The van der Waals surface area contributed by atoms with Gasteiger partial charge in [0.2, 0.25) is 0 Å². The van der Waals surface area contributed by atoms with Crippen LogP contribution in [-0.4, -0.2) is 58.6 Å². The number of benzene rings is 2. The second-order valence-electron chi connectivity index (χ2n) is 13.6. The zero-order chi connectivity index (χ0) is 41.5. The summed E-state index contributed by atoms with van der Waals surface area (Å²) in [7, 11) is 0. The Hall–Kier alpha value is -6.39. The van der Waals surface area contributed by atoms with E-state index in [1.807, 2.05) is 20.8 Å². The molecule has 2 heterocycles. The Labute approximate surface area is 337 Å². The number of nitrogens with one attached hydrogen (secondary N) is 4. The van der Waals surface area contributed by atoms with Gasteiger partial charge in [-0.2, -0.15) is 0 Å². The summed E-state index contributed by atoms with van der Waals surface area (Å²) in [5, 5.41) is 11.7. The minimum Gasteiger partial charge on any atom is -0.396 e. The molecule has 6 N–H and O–H groups in total. The number of pyridine rings is 2. The van der Waals surface area contributed by atoms with E-state index in [9.17, 15) is 24.0 Å². The Bertz CT molecular complexity index is 2200. The van der Waals surface area contributed by atoms with Gasteiger partial charge in [0.05, 0.1) is 29.1 Å². The minimum absolute atomic E-state index is 0.0746. The lowest BCUT2D eigenvalue weighted by Crippen LogP contribution is -2.25. The van der Waals surface area contributed by atoms with Crippen LogP contribution in [0.4, 0.5) is 27.5 Å². The van der Waals surface area contributed by atoms with Crippen molar-refractivity contribution >= 4 is 69.9 Å². The summed E-state index contributed by atoms with van der Waals surface area (Å²) in [6.07, 6.45) is 5.86. The number of amides is 3. The van der Waals surface area contributed by atoms with E-state index in [1.54, 1.807) is 54.6 Å². The number of nitrogens with zero attached hydrogens (tertiary/aromatic N) is 2. The maximum Gasteiger partial charge on any atom is 0.323 e. The van der Waals surface area contributed by atoms with Crippen LogP contribution in [0, 0.1) is 29.6 Å². The van der Waals surface area contributed by atoms with Crippen LogP contribution < -0.4 is 27.0 Å². The third-order valence-electron chi connectivity index (χ3n) is 9.03. The third kappa shape index (κ3) is 12.3. The van der Waals surface area contributed by atoms with Crippen LogP contribution in [0.3, 0.4) is 0 Å². The summed E-state index contributed by atoms with van der Waals surface area (Å²) in [5.41, 5.74) is 9.83. The number of carbonyl (C=O) groups excluding carboxylic acids is 6. The van der Waals surface area contributed by atoms with E-state index in [1.165, 1.54) is 25.4 Å². The fraction of sp³-hybridized carbons (Fsp3) is 0.302. The molecule has 0 aliphatic heterocycles. The summed E-state index contributed by atoms with van der Waals surface area (Å²) < 4.78 is 0. The molecule has 1 aliphatic carbocycles. The van der Waals surface area contributed by atoms with E-state index < -0.39 is 11.9 Å². The molecule has 3 amide bonds. The maximum absolute atomic E-state index is 13.4. The molecule has 0 bridgehead atoms. The monoisotopic (exact) mass is 791 g/mol. The lowest BCUT2D eigenvalue weighted by molar-refractivity contribution is -0.122. The maximum atomic E-state index is 13.4. The summed E-state index contributed by atoms with van der Waals surface area (Å²) in [6.45, 7) is 8.00. The number of unbranched alkanes of at least 4 members (excludes halogenated alkanes) is 1. The minimum atomic E-state index is -0.770. The summed E-state index contributed by atoms with van der Waals surface area (Å²) in [5.74, 6) is 4.42. The highest BCUT2D eigenvalue weighted by molar-refractivity contribution is 6.30. The molecule has 0 fully saturated rings. The normalized spacial score (nSPS) is 13.3. The first kappa shape index (κ1) is 43.3. The van der Waals surface area contributed by atoms with Crippen molar-refractivity contribution < 1.29 is 28.8 Å². The number of anilines is 4. The number of carbonyl (C=O) groups is 6. The summed E-state index contributed by atoms with van der Waals surface area (Å²) in [6, 6.07) is 16.3. The largest absolute Gasteiger partial charge is 0.396 e. The number of aldehydes is 1. The van der Waals surface area contributed by atoms with Crippen molar-refractivity contribution in [1.29, 1.82) is 0 Å². The number of nitrogens with two attached hydrogens (primary N) is 1. The number of urea groups is 1. The molecular weight excluding hydrogens is 746 g/mol. The molecule has 2 unspecified atom stereocenters. The van der Waals surface area contributed by atoms with Gasteiger partial charge < -0.3 is 31.8 Å². The van der Waals surface area contributed by atoms with Crippen molar-refractivity contribution in [1.82, 2.24) is 15.3 Å². The van der Waals surface area contributed by atoms with Crippen LogP contribution >= 0.6 is 11.6 Å². The highest BCUT2D eigenvalue weighted by atomic mass is 35.5. The molecule has 57 heavy (non-hydrogen) atoms. The highest BCUT2D eigenvalue weighted by Crippen LogP contribution is 2.37. The fourth-order valence-corrected chi connectivity index (χ4v) is 6.17. The van der Waals surface area contributed by atoms with Gasteiger partial charge >= 0.3 is 6.03 Å². The van der Waals surface area contributed by atoms with Crippen LogP contribution in [0.15, 0.2) is 73.1 Å². The Kier molecular flexibility index (Phi) is 16.0. The molecule has 2 aromatic carbocycles. The molecule has 2 atom stereocenters. The van der Waals surface area contributed by atoms with Crippen LogP contribution in [0.1, 0.15) is 95.7 Å². The van der Waals surface area contributed by atoms with Crippen molar-refractivity contribution in [3.05, 3.63) is 106 Å². The third-order valence-corrected chi connectivity index (χ3v) is 9.24. The Morgan fingerprint density at radius 1 is 0.912 bits per heavy atom. The zero-order valence-electron chi connectivity index (χ0n) is 32.3. The molecule has 13 nitrogen and oxygen atoms in total. The molecular formula is C43H46ClN7O6. The van der Waals surface area contributed by atoms with E-state index in [4.69, 9.17) is 22.1 Å². The number of fused-ring (bicyclic) bond motifs is 1. The summed E-state index contributed by atoms with van der Waals surface area (Å²) >= 11 is 5.89. The van der Waals surface area contributed by atoms with E-state index in [0.29, 0.717) is 83.8 Å². The standard InChI is InChI=1S/C41H42ClN7O5.C2H4O/c1-24(2)34(50)15-12-25(3)36-38(51)30-10-7-11-32(37(30)39(36)52)45-17-4-5-18-46-40(53)27-9-6-8-26(20-27)13-14-28-21-29(16-19-44-28)48-41(54)49-33-22-35(42)47-23-31(33)43;1-2-3/h6-11,16,19-25,36,45H,4-5,12,15,17-18,43H2,1-3H3,(H,46,53)(H2,44,47,48,49,54);2H,1H3. The van der Waals surface area contributed by atoms with E-state index >= 15 is 0 Å². The van der Waals surface area contributed by atoms with Gasteiger partial charge in [0.25, 0.3) is 5.91 Å². The van der Waals surface area contributed by atoms with Gasteiger partial charge in [-0.05, 0) is 74.4 Å². The van der Waals surface area contributed by atoms with Crippen LogP contribution in [-0.2, 0) is 9.59 Å². The van der Waals surface area contributed by atoms with Gasteiger partial charge in [-0.25, -0.2) is 14.8 Å². The number of halogens is 1. The number of nitrogen functional groups attached to an aromatic ring is 1. The molecule has 0 radical (unpaired) electrons. The molecule has 1 aliphatic rings. The van der Waals surface area contributed by atoms with Gasteiger partial charge in [0.15, 0.2) is 11.6 Å². The zero-order valence-corrected chi connectivity index (χ0v) is 33.0. The predicted molar refractivity (Wildman–Crippen MR) is 222 cm³/mol. The van der Waals surface area contributed by atoms with E-state index in [0.717, 1.165) is 6.29 Å². The predicted octanol–water partition coefficient (Wildman–Crippen LogP) is 7.22. The van der Waals surface area contributed by atoms with Crippen molar-refractivity contribution in [3.8, 4) is 11.8 Å². The summed E-state index contributed by atoms with van der Waals surface area (Å²) in [4.78, 5) is 81.1. The van der Waals surface area contributed by atoms with Gasteiger partial charge in [-0.3, -0.25) is 19.2 Å². The van der Waals surface area contributed by atoms with Crippen LogP contribution in [0.2, 0.25) is 5.15 Å². The van der Waals surface area contributed by atoms with Crippen molar-refractivity contribution in [2.24, 2.45) is 17.8 Å². The molecule has 4 aromatic rings. The number of rotatable bonds is 14. The lowest BCUT2D eigenvalue weighted by atomic mass is 9.85. The highest BCUT2D eigenvalue weighted by Gasteiger charge is 2.43. The smallest absolute Gasteiger partial charge is 0.323 e. The lowest BCUT2D eigenvalue weighted by Gasteiger charge is -2.17. The Morgan fingerprint density at radius 2 is 1.65 bits per heavy atom. The molecule has 0 saturated heterocycles. The molecule has 14 heteroatoms. The van der Waals surface area contributed by atoms with E-state index in [2.05, 4.69) is 43.1 Å². The fourth-order valence-electron chi connectivity index (χ4n) is 6.02. The topological polar surface area (TPSA) is 202 Å². The quantitative estimate of drug-likeness (QED) is 0.0285. The number of ketones is 3. The first-order valence-electron chi connectivity index (χ1n) is 18.6. The van der Waals surface area contributed by atoms with Gasteiger partial charge in [0.1, 0.15) is 22.9 Å². The average molecular weight is 792 g/mol. The number of Topliss-reactive ketones (excluding diaryl/α,β-unsaturated/α-hetero) is 3. The van der Waals surface area contributed by atoms with Crippen molar-refractivity contribution in [3.63, 3.8) is 0 Å². The van der Waals surface area contributed by atoms with E-state index in [-0.39, 0.29) is 45.9 Å². The van der Waals surface area contributed by atoms with Crippen molar-refractivity contribution in [2.45, 2.75) is 53.4 Å². The van der Waals surface area contributed by atoms with Crippen LogP contribution in [0.5, 0.6) is 0 Å². The number of hydrogen-bond donors (Lipinski definition) is 5. The van der Waals surface area contributed by atoms with Gasteiger partial charge in [-0.1, -0.05) is 56.5 Å². The van der Waals surface area contributed by atoms with Crippen molar-refractivity contribution in [2.75, 3.05) is 34.8 Å². The second kappa shape index (κ2) is 21.1. The first-order chi connectivity index (χ1) is 27.3. The van der Waals surface area contributed by atoms with Crippen LogP contribution in [0.25, 0.3) is 0 Å². The van der Waals surface area contributed by atoms with Gasteiger partial charge in [-0.15, -0.1) is 0 Å². The molecule has 0 saturated carbocycles. The average Bonchev–Trinajstić information content (AvgIpc) is 3.45. The number of aromatic nitrogens is 2. The Morgan fingerprint density at radius 3 is 2.40 bits per heavy atom. The molecule has 0 spiro atoms. The van der Waals surface area contributed by atoms with Gasteiger partial charge in [0, 0.05) is 65.8 Å². The first-order valence-corrected chi connectivity index (χ1v) is 18.9. The molecule has 2 aromatic heterocycles. The molecule has 296 valence electrons. The SMILES string of the molecule is CC(C)C(=O)CCC(C)C1C(=O)c2cccc(NCCCCNC(=O)c3cccc(C#Cc4cc(NC(=O)Nc5cc(Cl)ncc5N)ccn4)c3)c2C1=O.CC=O.